The summed E-state index contributed by atoms with van der Waals surface area (Å²) in [4.78, 5) is 96.5. The number of hydroxylamine groups is 2. The first-order valence-corrected chi connectivity index (χ1v) is 21.6. The number of Topliss-reactive ketones (excluding diaryl/α,β-unsaturated/α-hetero) is 3. The lowest BCUT2D eigenvalue weighted by atomic mass is 9.99. The maximum absolute atomic E-state index is 12.0. The van der Waals surface area contributed by atoms with Crippen LogP contribution in [0, 0.1) is 51.4 Å². The third kappa shape index (κ3) is 13.3. The molecule has 5 fully saturated rings. The summed E-state index contributed by atoms with van der Waals surface area (Å²) in [5.41, 5.74) is 6.29. The van der Waals surface area contributed by atoms with Crippen LogP contribution in [0.25, 0.3) is 22.2 Å². The molecule has 0 bridgehead atoms. The number of aromatic nitrogens is 4. The largest absolute Gasteiger partial charge is 0.478 e. The van der Waals surface area contributed by atoms with E-state index in [1.807, 2.05) is 20.8 Å². The molecule has 1 amide bonds. The fraction of sp³-hybridized carbons (Fsp3) is 0.587. The number of carboxylic acids is 1. The molecule has 1 atom stereocenters. The van der Waals surface area contributed by atoms with Gasteiger partial charge in [0.1, 0.15) is 17.3 Å². The summed E-state index contributed by atoms with van der Waals surface area (Å²) in [6.45, 7) is 12.4. The van der Waals surface area contributed by atoms with Crippen molar-refractivity contribution < 1.29 is 62.1 Å². The first-order chi connectivity index (χ1) is 30.4. The number of hydrogen-bond acceptors (Lipinski definition) is 16. The maximum Gasteiger partial charge on any atom is 0.373 e. The lowest BCUT2D eigenvalue weighted by molar-refractivity contribution is -0.191. The van der Waals surface area contributed by atoms with Gasteiger partial charge in [0.15, 0.2) is 0 Å². The van der Waals surface area contributed by atoms with Crippen molar-refractivity contribution >= 4 is 63.5 Å². The van der Waals surface area contributed by atoms with Gasteiger partial charge in [-0.15, -0.1) is 0 Å². The highest BCUT2D eigenvalue weighted by atomic mass is 16.7. The number of nitrogens with zero attached hydrogens (tertiary/aromatic N) is 5. The number of rotatable bonds is 11. The normalized spacial score (nSPS) is 16.2. The molecule has 4 aromatic rings. The van der Waals surface area contributed by atoms with Crippen molar-refractivity contribution in [3.05, 3.63) is 45.0 Å². The number of ketones is 3. The number of esters is 1. The van der Waals surface area contributed by atoms with Crippen molar-refractivity contribution in [3.8, 4) is 0 Å². The van der Waals surface area contributed by atoms with Crippen LogP contribution in [0.5, 0.6) is 0 Å². The molecule has 0 saturated heterocycles. The van der Waals surface area contributed by atoms with Crippen LogP contribution in [0.2, 0.25) is 0 Å². The highest BCUT2D eigenvalue weighted by molar-refractivity contribution is 6.05. The van der Waals surface area contributed by atoms with Crippen LogP contribution in [-0.2, 0) is 38.3 Å². The molecular weight excluding hydrogens is 831 g/mol. The van der Waals surface area contributed by atoms with Crippen molar-refractivity contribution in [1.29, 1.82) is 0 Å². The van der Waals surface area contributed by atoms with Gasteiger partial charge in [0.05, 0.1) is 64.8 Å². The number of fused-ring (bicyclic) bond motifs is 2. The SMILES string of the molecule is CC(=O)C(C)C(=O)C1CC1.CCC(=O)C1CC1.COC(=O)c1c(C)c(C2CC2)nc2onc(C)c12.CON(C)C(=O)C1CC1.Cc1c(C2CC2)nc2onc(C)c2c1C(=O)O.O=C=O. The number of carbonyl (C=O) groups excluding carboxylic acids is 7. The topological polar surface area (TPSA) is 256 Å². The first kappa shape index (κ1) is 50.6. The van der Waals surface area contributed by atoms with Gasteiger partial charge in [-0.1, -0.05) is 17.2 Å². The van der Waals surface area contributed by atoms with Crippen LogP contribution >= 0.6 is 0 Å². The molecule has 0 aromatic carbocycles. The summed E-state index contributed by atoms with van der Waals surface area (Å²) in [7, 11) is 4.52. The number of ether oxygens (including phenoxy) is 1. The molecule has 1 unspecified atom stereocenters. The van der Waals surface area contributed by atoms with E-state index in [0.717, 1.165) is 93.1 Å². The van der Waals surface area contributed by atoms with Gasteiger partial charge in [-0.05, 0) is 117 Å². The van der Waals surface area contributed by atoms with E-state index in [1.54, 1.807) is 27.8 Å². The molecular formula is C46H59N5O13. The molecule has 18 heteroatoms. The van der Waals surface area contributed by atoms with Crippen LogP contribution in [0.1, 0.15) is 158 Å². The van der Waals surface area contributed by atoms with E-state index >= 15 is 0 Å². The molecule has 1 N–H and O–H groups in total. The molecule has 4 aromatic heterocycles. The molecule has 0 aliphatic heterocycles. The minimum atomic E-state index is -0.942. The predicted molar refractivity (Wildman–Crippen MR) is 228 cm³/mol. The van der Waals surface area contributed by atoms with Crippen molar-refractivity contribution in [3.63, 3.8) is 0 Å². The van der Waals surface area contributed by atoms with Gasteiger partial charge in [-0.25, -0.2) is 24.6 Å². The summed E-state index contributed by atoms with van der Waals surface area (Å²) in [5, 5.41) is 19.5. The Hall–Kier alpha value is -6.00. The zero-order valence-electron chi connectivity index (χ0n) is 38.3. The van der Waals surface area contributed by atoms with Crippen molar-refractivity contribution in [1.82, 2.24) is 25.3 Å². The zero-order valence-corrected chi connectivity index (χ0v) is 38.3. The molecule has 0 radical (unpaired) electrons. The summed E-state index contributed by atoms with van der Waals surface area (Å²) in [6, 6.07) is 0. The average molecular weight is 890 g/mol. The molecule has 5 saturated carbocycles. The second kappa shape index (κ2) is 22.6. The van der Waals surface area contributed by atoms with Gasteiger partial charge in [0.25, 0.3) is 11.4 Å². The number of carbonyl (C=O) groups is 6. The van der Waals surface area contributed by atoms with Gasteiger partial charge in [0.2, 0.25) is 5.91 Å². The number of carboxylic acid groups (broad SMARTS) is 1. The van der Waals surface area contributed by atoms with E-state index < -0.39 is 5.97 Å². The third-order valence-corrected chi connectivity index (χ3v) is 11.6. The summed E-state index contributed by atoms with van der Waals surface area (Å²) in [5.74, 6) is 0.857. The molecule has 5 aliphatic carbocycles. The van der Waals surface area contributed by atoms with E-state index in [4.69, 9.17) is 28.2 Å². The number of aromatic carboxylic acids is 1. The quantitative estimate of drug-likeness (QED) is 0.0879. The number of amides is 1. The molecule has 4 heterocycles. The van der Waals surface area contributed by atoms with E-state index in [9.17, 15) is 33.9 Å². The number of aryl methyl sites for hydroxylation is 2. The van der Waals surface area contributed by atoms with E-state index in [-0.39, 0.29) is 52.9 Å². The minimum Gasteiger partial charge on any atom is -0.478 e. The molecule has 9 rings (SSSR count). The molecule has 0 spiro atoms. The molecule has 64 heavy (non-hydrogen) atoms. The van der Waals surface area contributed by atoms with Crippen molar-refractivity contribution in [2.45, 2.75) is 131 Å². The standard InChI is InChI=1S/C13H14N2O3.C12H12N2O3.C8H12O2.C6H11NO2.C6H10O.CO2/c1-6-9(13(16)17-3)10-7(2)15-18-12(10)14-11(6)8-4-5-8;1-5-8(12(15)16)9-6(2)14-17-11(9)13-10(5)7-3-4-7;1-5(6(2)9)8(10)7-3-4-7;1-7(9-2)6(8)5-3-4-5;1-2-6(7)5-3-4-5;2-1-3/h8H,4-5H2,1-3H3;7H,3-4H2,1-2H3,(H,15,16);5,7H,3-4H2,1-2H3;5H,3-4H2,1-2H3;5H,2-4H2,1H3;. The highest BCUT2D eigenvalue weighted by Crippen LogP contribution is 2.44. The summed E-state index contributed by atoms with van der Waals surface area (Å²) < 4.78 is 15.1. The van der Waals surface area contributed by atoms with Gasteiger partial charge < -0.3 is 18.9 Å². The van der Waals surface area contributed by atoms with E-state index in [2.05, 4.69) is 20.3 Å². The lowest BCUT2D eigenvalue weighted by Gasteiger charge is -2.11. The predicted octanol–water partition coefficient (Wildman–Crippen LogP) is 7.32. The maximum atomic E-state index is 12.0. The van der Waals surface area contributed by atoms with Gasteiger partial charge in [0, 0.05) is 43.1 Å². The van der Waals surface area contributed by atoms with Gasteiger partial charge in [-0.3, -0.25) is 24.0 Å². The summed E-state index contributed by atoms with van der Waals surface area (Å²) in [6.07, 6.45) is 11.8. The second-order valence-corrected chi connectivity index (χ2v) is 16.7. The Morgan fingerprint density at radius 1 is 0.734 bits per heavy atom. The van der Waals surface area contributed by atoms with Crippen LogP contribution < -0.4 is 0 Å². The van der Waals surface area contributed by atoms with Crippen LogP contribution in [0.4, 0.5) is 0 Å². The zero-order chi connectivity index (χ0) is 47.6. The summed E-state index contributed by atoms with van der Waals surface area (Å²) >= 11 is 0. The smallest absolute Gasteiger partial charge is 0.373 e. The molecule has 5 aliphatic rings. The van der Waals surface area contributed by atoms with Crippen LogP contribution in [-0.4, -0.2) is 93.1 Å². The number of methoxy groups -OCH3 is 1. The number of hydrogen-bond donors (Lipinski definition) is 1. The second-order valence-electron chi connectivity index (χ2n) is 16.7. The van der Waals surface area contributed by atoms with E-state index in [1.165, 1.54) is 26.2 Å². The van der Waals surface area contributed by atoms with E-state index in [0.29, 0.717) is 62.7 Å². The van der Waals surface area contributed by atoms with Crippen molar-refractivity contribution in [2.75, 3.05) is 21.3 Å². The Morgan fingerprint density at radius 2 is 1.16 bits per heavy atom. The number of pyridine rings is 2. The van der Waals surface area contributed by atoms with Gasteiger partial charge >= 0.3 is 18.1 Å². The Kier molecular flexibility index (Phi) is 17.9. The first-order valence-electron chi connectivity index (χ1n) is 21.6. The van der Waals surface area contributed by atoms with Crippen LogP contribution in [0.15, 0.2) is 9.05 Å². The highest BCUT2D eigenvalue weighted by Gasteiger charge is 2.35. The van der Waals surface area contributed by atoms with Crippen LogP contribution in [0.3, 0.4) is 0 Å². The van der Waals surface area contributed by atoms with Gasteiger partial charge in [-0.2, -0.15) is 9.59 Å². The Balaban J connectivity index is 0.000000180. The van der Waals surface area contributed by atoms with Crippen molar-refractivity contribution in [2.24, 2.45) is 23.7 Å². The Morgan fingerprint density at radius 3 is 1.48 bits per heavy atom. The fourth-order valence-corrected chi connectivity index (χ4v) is 6.89. The molecule has 18 nitrogen and oxygen atoms in total. The Bertz CT molecular complexity index is 2390. The third-order valence-electron chi connectivity index (χ3n) is 11.6. The lowest BCUT2D eigenvalue weighted by Crippen LogP contribution is -2.26. The Labute approximate surface area is 371 Å². The fourth-order valence-electron chi connectivity index (χ4n) is 6.89. The monoisotopic (exact) mass is 889 g/mol. The molecule has 346 valence electrons. The minimum absolute atomic E-state index is 0.00287. The average Bonchev–Trinajstić information content (AvgIpc) is 4.05.